The number of hydrogen-bond acceptors (Lipinski definition) is 3. The van der Waals surface area contributed by atoms with Gasteiger partial charge >= 0.3 is 0 Å². The molecule has 0 spiro atoms. The number of ether oxygens (including phenoxy) is 1. The van der Waals surface area contributed by atoms with Gasteiger partial charge in [0, 0.05) is 31.9 Å². The van der Waals surface area contributed by atoms with E-state index in [-0.39, 0.29) is 24.0 Å². The third-order valence-corrected chi connectivity index (χ3v) is 4.84. The summed E-state index contributed by atoms with van der Waals surface area (Å²) in [5, 5.41) is 3.60. The van der Waals surface area contributed by atoms with Crippen molar-refractivity contribution in [1.82, 2.24) is 4.90 Å². The van der Waals surface area contributed by atoms with E-state index in [1.807, 2.05) is 6.07 Å². The van der Waals surface area contributed by atoms with Crippen LogP contribution >= 0.6 is 35.6 Å². The molecule has 0 unspecified atom stereocenters. The fourth-order valence-electron chi connectivity index (χ4n) is 3.17. The predicted octanol–water partition coefficient (Wildman–Crippen LogP) is 4.14. The van der Waals surface area contributed by atoms with Crippen molar-refractivity contribution < 1.29 is 4.74 Å². The van der Waals surface area contributed by atoms with Gasteiger partial charge in [-0.1, -0.05) is 35.9 Å². The molecule has 0 aromatic heterocycles. The van der Waals surface area contributed by atoms with E-state index >= 15 is 0 Å². The number of methoxy groups -OCH3 is 1. The van der Waals surface area contributed by atoms with Crippen LogP contribution in [0.25, 0.3) is 0 Å². The molecule has 2 aromatic rings. The van der Waals surface area contributed by atoms with Gasteiger partial charge in [-0.25, -0.2) is 0 Å². The van der Waals surface area contributed by atoms with Gasteiger partial charge in [-0.2, -0.15) is 0 Å². The molecular formula is C20H26ClIN4O. The van der Waals surface area contributed by atoms with Crippen molar-refractivity contribution in [3.63, 3.8) is 0 Å². The molecule has 0 bridgehead atoms. The average Bonchev–Trinajstić information content (AvgIpc) is 2.65. The van der Waals surface area contributed by atoms with Gasteiger partial charge in [0.15, 0.2) is 5.96 Å². The lowest BCUT2D eigenvalue weighted by atomic mass is 10.00. The fourth-order valence-corrected chi connectivity index (χ4v) is 3.43. The Morgan fingerprint density at radius 2 is 2.04 bits per heavy atom. The van der Waals surface area contributed by atoms with Crippen LogP contribution in [0, 0.1) is 0 Å². The first-order chi connectivity index (χ1) is 12.7. The van der Waals surface area contributed by atoms with Gasteiger partial charge in [0.2, 0.25) is 0 Å². The van der Waals surface area contributed by atoms with Crippen LogP contribution in [0.2, 0.25) is 5.02 Å². The highest BCUT2D eigenvalue weighted by atomic mass is 127. The van der Waals surface area contributed by atoms with Crippen LogP contribution in [0.4, 0.5) is 5.69 Å². The standard InChI is InChI=1S/C20H25ClN4O.HI/c1-26-19-8-7-17(13-18(19)21)24-20(22)23-10-4-11-25-12-9-15-5-2-3-6-16(15)14-25;/h2-3,5-8,13H,4,9-12,14H2,1H3,(H3,22,23,24);1H. The topological polar surface area (TPSA) is 62.9 Å². The number of hydrogen-bond donors (Lipinski definition) is 2. The van der Waals surface area contributed by atoms with E-state index in [1.54, 1.807) is 19.2 Å². The lowest BCUT2D eigenvalue weighted by molar-refractivity contribution is 0.253. The zero-order chi connectivity index (χ0) is 18.4. The minimum Gasteiger partial charge on any atom is -0.495 e. The smallest absolute Gasteiger partial charge is 0.193 e. The number of fused-ring (bicyclic) bond motifs is 1. The van der Waals surface area contributed by atoms with Gasteiger partial charge in [-0.15, -0.1) is 24.0 Å². The third-order valence-electron chi connectivity index (χ3n) is 4.55. The van der Waals surface area contributed by atoms with Crippen LogP contribution in [0.1, 0.15) is 17.5 Å². The molecule has 1 heterocycles. The van der Waals surface area contributed by atoms with Crippen LogP contribution < -0.4 is 15.8 Å². The quantitative estimate of drug-likeness (QED) is 0.271. The van der Waals surface area contributed by atoms with Crippen LogP contribution in [-0.4, -0.2) is 37.6 Å². The molecule has 0 fully saturated rings. The molecule has 146 valence electrons. The summed E-state index contributed by atoms with van der Waals surface area (Å²) in [4.78, 5) is 6.88. The minimum absolute atomic E-state index is 0. The molecule has 5 nitrogen and oxygen atoms in total. The van der Waals surface area contributed by atoms with E-state index in [9.17, 15) is 0 Å². The Hall–Kier alpha value is -1.51. The van der Waals surface area contributed by atoms with Crippen molar-refractivity contribution in [2.75, 3.05) is 32.1 Å². The van der Waals surface area contributed by atoms with Crippen molar-refractivity contribution in [2.45, 2.75) is 19.4 Å². The molecule has 0 saturated carbocycles. The van der Waals surface area contributed by atoms with Gasteiger partial charge in [-0.3, -0.25) is 9.89 Å². The second-order valence-electron chi connectivity index (χ2n) is 6.39. The number of anilines is 1. The Balaban J connectivity index is 0.00000261. The van der Waals surface area contributed by atoms with E-state index in [1.165, 1.54) is 11.1 Å². The Morgan fingerprint density at radius 3 is 2.78 bits per heavy atom. The largest absolute Gasteiger partial charge is 0.495 e. The van der Waals surface area contributed by atoms with E-state index < -0.39 is 0 Å². The maximum atomic E-state index is 6.11. The number of rotatable bonds is 6. The maximum absolute atomic E-state index is 6.11. The molecule has 1 aliphatic heterocycles. The summed E-state index contributed by atoms with van der Waals surface area (Å²) >= 11 is 6.11. The Labute approximate surface area is 183 Å². The van der Waals surface area contributed by atoms with Crippen molar-refractivity contribution in [3.8, 4) is 5.75 Å². The average molecular weight is 501 g/mol. The summed E-state index contributed by atoms with van der Waals surface area (Å²) in [7, 11) is 1.59. The molecule has 2 aromatic carbocycles. The molecule has 7 heteroatoms. The number of guanidine groups is 1. The Bertz CT molecular complexity index is 784. The van der Waals surface area contributed by atoms with Gasteiger partial charge in [0.25, 0.3) is 0 Å². The number of benzene rings is 2. The van der Waals surface area contributed by atoms with E-state index in [0.29, 0.717) is 23.3 Å². The molecule has 3 rings (SSSR count). The third kappa shape index (κ3) is 6.26. The molecular weight excluding hydrogens is 475 g/mol. The van der Waals surface area contributed by atoms with Gasteiger partial charge in [0.05, 0.1) is 12.1 Å². The molecule has 3 N–H and O–H groups in total. The highest BCUT2D eigenvalue weighted by Gasteiger charge is 2.14. The van der Waals surface area contributed by atoms with E-state index in [0.717, 1.165) is 38.2 Å². The summed E-state index contributed by atoms with van der Waals surface area (Å²) < 4.78 is 5.14. The van der Waals surface area contributed by atoms with Crippen molar-refractivity contribution in [2.24, 2.45) is 10.7 Å². The highest BCUT2D eigenvalue weighted by molar-refractivity contribution is 14.0. The first-order valence-corrected chi connectivity index (χ1v) is 9.23. The van der Waals surface area contributed by atoms with Gasteiger partial charge in [0.1, 0.15) is 5.75 Å². The van der Waals surface area contributed by atoms with E-state index in [2.05, 4.69) is 39.5 Å². The monoisotopic (exact) mass is 500 g/mol. The van der Waals surface area contributed by atoms with Crippen molar-refractivity contribution >= 4 is 47.2 Å². The van der Waals surface area contributed by atoms with Crippen molar-refractivity contribution in [1.29, 1.82) is 0 Å². The van der Waals surface area contributed by atoms with Gasteiger partial charge in [-0.05, 0) is 42.2 Å². The van der Waals surface area contributed by atoms with Crippen LogP contribution in [0.3, 0.4) is 0 Å². The summed E-state index contributed by atoms with van der Waals surface area (Å²) in [6.45, 7) is 3.86. The summed E-state index contributed by atoms with van der Waals surface area (Å²) in [6, 6.07) is 14.1. The predicted molar refractivity (Wildman–Crippen MR) is 124 cm³/mol. The fraction of sp³-hybridized carbons (Fsp3) is 0.350. The summed E-state index contributed by atoms with van der Waals surface area (Å²) in [5.74, 6) is 1.03. The zero-order valence-corrected chi connectivity index (χ0v) is 18.5. The number of halogens is 2. The lowest BCUT2D eigenvalue weighted by Gasteiger charge is -2.28. The molecule has 1 aliphatic rings. The molecule has 0 saturated heterocycles. The number of nitrogens with one attached hydrogen (secondary N) is 1. The first kappa shape index (κ1) is 21.8. The number of aliphatic imine (C=N–C) groups is 1. The Morgan fingerprint density at radius 1 is 1.26 bits per heavy atom. The minimum atomic E-state index is 0. The van der Waals surface area contributed by atoms with Crippen LogP contribution in [0.15, 0.2) is 47.5 Å². The highest BCUT2D eigenvalue weighted by Crippen LogP contribution is 2.27. The number of nitrogens with zero attached hydrogens (tertiary/aromatic N) is 2. The second kappa shape index (κ2) is 10.7. The first-order valence-electron chi connectivity index (χ1n) is 8.85. The molecule has 0 aliphatic carbocycles. The molecule has 0 atom stereocenters. The molecule has 0 amide bonds. The Kier molecular flexibility index (Phi) is 8.66. The van der Waals surface area contributed by atoms with E-state index in [4.69, 9.17) is 22.1 Å². The lowest BCUT2D eigenvalue weighted by Crippen LogP contribution is -2.31. The van der Waals surface area contributed by atoms with Crippen LogP contribution in [-0.2, 0) is 13.0 Å². The van der Waals surface area contributed by atoms with Crippen LogP contribution in [0.5, 0.6) is 5.75 Å². The SMILES string of the molecule is COc1ccc(NC(N)=NCCCN2CCc3ccccc3C2)cc1Cl.I. The second-order valence-corrected chi connectivity index (χ2v) is 6.80. The number of nitrogens with two attached hydrogens (primary N) is 1. The van der Waals surface area contributed by atoms with Gasteiger partial charge < -0.3 is 15.8 Å². The molecule has 0 radical (unpaired) electrons. The maximum Gasteiger partial charge on any atom is 0.193 e. The zero-order valence-electron chi connectivity index (χ0n) is 15.5. The summed E-state index contributed by atoms with van der Waals surface area (Å²) in [6.07, 6.45) is 2.11. The molecule has 27 heavy (non-hydrogen) atoms. The normalized spacial score (nSPS) is 14.2. The van der Waals surface area contributed by atoms with Crippen molar-refractivity contribution in [3.05, 3.63) is 58.6 Å². The summed E-state index contributed by atoms with van der Waals surface area (Å²) in [5.41, 5.74) is 9.68.